The fraction of sp³-hybridized carbons (Fsp3) is 0.659. The summed E-state index contributed by atoms with van der Waals surface area (Å²) in [7, 11) is 4.57. The van der Waals surface area contributed by atoms with Gasteiger partial charge in [-0.3, -0.25) is 43.4 Å². The second-order valence-corrected chi connectivity index (χ2v) is 13.3. The zero-order valence-corrected chi connectivity index (χ0v) is 39.0. The SMILES string of the molecule is CN.COCCOC(=O)NCCOCCOCCN.COCCOC(=O)NCCOCCOCCNC(=O)CCCN1C(=O)C=CC1=O.O=C(CCCN1C(=O)C=CC1=O)ON1C(=O)CCC1=O. The molecule has 7 N–H and O–H groups in total. The van der Waals surface area contributed by atoms with Gasteiger partial charge in [-0.1, -0.05) is 0 Å². The zero-order valence-electron chi connectivity index (χ0n) is 39.0. The van der Waals surface area contributed by atoms with Crippen molar-refractivity contribution < 1.29 is 90.7 Å². The van der Waals surface area contributed by atoms with E-state index in [4.69, 9.17) is 43.6 Å². The maximum Gasteiger partial charge on any atom is 0.407 e. The summed E-state index contributed by atoms with van der Waals surface area (Å²) in [6.45, 7) is 6.44. The summed E-state index contributed by atoms with van der Waals surface area (Å²) in [6, 6.07) is 0. The minimum atomic E-state index is -0.749. The fourth-order valence-electron chi connectivity index (χ4n) is 4.95. The first kappa shape index (κ1) is 62.1. The van der Waals surface area contributed by atoms with Crippen molar-refractivity contribution in [3.8, 4) is 0 Å². The molecule has 9 amide bonds. The van der Waals surface area contributed by atoms with Crippen molar-refractivity contribution >= 4 is 59.5 Å². The maximum absolute atomic E-state index is 11.7. The molecule has 3 rings (SSSR count). The molecule has 1 fully saturated rings. The summed E-state index contributed by atoms with van der Waals surface area (Å²) in [6.07, 6.45) is 4.57. The number of hydrogen-bond donors (Lipinski definition) is 5. The van der Waals surface area contributed by atoms with Gasteiger partial charge in [0.1, 0.15) is 13.2 Å². The summed E-state index contributed by atoms with van der Waals surface area (Å²) in [5, 5.41) is 8.24. The maximum atomic E-state index is 11.7. The number of rotatable bonds is 32. The molecule has 0 aromatic carbocycles. The van der Waals surface area contributed by atoms with Gasteiger partial charge in [-0.2, -0.15) is 0 Å². The van der Waals surface area contributed by atoms with Gasteiger partial charge in [-0.25, -0.2) is 14.4 Å². The molecule has 0 aromatic rings. The number of alkyl carbamates (subject to hydrolysis) is 2. The smallest absolute Gasteiger partial charge is 0.407 e. The summed E-state index contributed by atoms with van der Waals surface area (Å²) in [5.74, 6) is -3.54. The topological polar surface area (TPSA) is 352 Å². The molecule has 0 aliphatic carbocycles. The van der Waals surface area contributed by atoms with Crippen LogP contribution in [-0.2, 0) is 81.1 Å². The highest BCUT2D eigenvalue weighted by Crippen LogP contribution is 2.13. The molecule has 0 bridgehead atoms. The first-order valence-corrected chi connectivity index (χ1v) is 21.6. The van der Waals surface area contributed by atoms with Gasteiger partial charge >= 0.3 is 18.2 Å². The third-order valence-electron chi connectivity index (χ3n) is 8.20. The van der Waals surface area contributed by atoms with Crippen LogP contribution < -0.4 is 27.4 Å². The van der Waals surface area contributed by atoms with Crippen LogP contribution in [0, 0.1) is 0 Å². The van der Waals surface area contributed by atoms with Gasteiger partial charge in [-0.15, -0.1) is 5.06 Å². The van der Waals surface area contributed by atoms with Crippen LogP contribution in [0.4, 0.5) is 9.59 Å². The Morgan fingerprint density at radius 2 is 0.912 bits per heavy atom. The Balaban J connectivity index is 0.00000101. The quantitative estimate of drug-likeness (QED) is 0.0342. The van der Waals surface area contributed by atoms with Crippen LogP contribution in [0.1, 0.15) is 38.5 Å². The van der Waals surface area contributed by atoms with E-state index in [0.717, 1.165) is 22.0 Å². The molecule has 1 saturated heterocycles. The number of carbonyl (C=O) groups is 10. The lowest BCUT2D eigenvalue weighted by molar-refractivity contribution is -0.197. The van der Waals surface area contributed by atoms with Crippen LogP contribution in [0.25, 0.3) is 0 Å². The van der Waals surface area contributed by atoms with Gasteiger partial charge in [0, 0.05) is 103 Å². The van der Waals surface area contributed by atoms with Crippen molar-refractivity contribution in [2.75, 3.05) is 140 Å². The average molecular weight is 977 g/mol. The number of nitrogens with one attached hydrogen (secondary N) is 3. The van der Waals surface area contributed by atoms with E-state index in [1.807, 2.05) is 0 Å². The second kappa shape index (κ2) is 41.3. The van der Waals surface area contributed by atoms with Gasteiger partial charge in [0.25, 0.3) is 35.4 Å². The molecule has 0 atom stereocenters. The standard InChI is InChI=1S/C18H29N3O8.C12H12N2O6.C10H22N2O5.CH5N/c1-26-11-14-29-18(25)20-7-10-28-13-12-27-9-6-19-15(22)3-2-8-21-16(23)4-5-17(21)24;15-8-3-4-9(16)13(8)7-1-2-12(19)20-14-10(17)5-6-11(14)18;1-14-6-9-17-10(13)12-3-5-16-8-7-15-4-2-11;1-2/h4-5H,2-3,6-14H2,1H3,(H,19,22)(H,20,25);3-4H,1-2,5-7H2;2-9,11H2,1H3,(H,12,13);2H2,1H3. The van der Waals surface area contributed by atoms with E-state index >= 15 is 0 Å². The first-order chi connectivity index (χ1) is 32.8. The van der Waals surface area contributed by atoms with E-state index in [1.165, 1.54) is 26.3 Å². The van der Waals surface area contributed by atoms with Crippen molar-refractivity contribution in [1.29, 1.82) is 0 Å². The van der Waals surface area contributed by atoms with Gasteiger partial charge in [0.05, 0.1) is 66.1 Å². The van der Waals surface area contributed by atoms with E-state index in [1.54, 1.807) is 7.11 Å². The van der Waals surface area contributed by atoms with Crippen molar-refractivity contribution in [1.82, 2.24) is 30.8 Å². The predicted molar refractivity (Wildman–Crippen MR) is 235 cm³/mol. The zero-order chi connectivity index (χ0) is 50.8. The highest BCUT2D eigenvalue weighted by molar-refractivity contribution is 6.13. The van der Waals surface area contributed by atoms with Gasteiger partial charge in [0.2, 0.25) is 5.91 Å². The lowest BCUT2D eigenvalue weighted by Gasteiger charge is -2.14. The molecule has 3 heterocycles. The van der Waals surface area contributed by atoms with E-state index in [-0.39, 0.29) is 76.1 Å². The second-order valence-electron chi connectivity index (χ2n) is 13.3. The van der Waals surface area contributed by atoms with Crippen molar-refractivity contribution in [2.24, 2.45) is 11.5 Å². The fourth-order valence-corrected chi connectivity index (χ4v) is 4.95. The number of nitrogens with two attached hydrogens (primary N) is 2. The molecule has 0 aromatic heterocycles. The molecule has 386 valence electrons. The third-order valence-corrected chi connectivity index (χ3v) is 8.20. The minimum Gasteiger partial charge on any atom is -0.447 e. The van der Waals surface area contributed by atoms with E-state index in [9.17, 15) is 47.9 Å². The lowest BCUT2D eigenvalue weighted by atomic mass is 10.3. The highest BCUT2D eigenvalue weighted by atomic mass is 16.7. The Morgan fingerprint density at radius 3 is 1.31 bits per heavy atom. The minimum absolute atomic E-state index is 0.0363. The molecule has 3 aliphatic heterocycles. The summed E-state index contributed by atoms with van der Waals surface area (Å²) >= 11 is 0. The van der Waals surface area contributed by atoms with Crippen LogP contribution in [-0.4, -0.2) is 214 Å². The lowest BCUT2D eigenvalue weighted by Crippen LogP contribution is -2.33. The van der Waals surface area contributed by atoms with Crippen molar-refractivity contribution in [3.05, 3.63) is 24.3 Å². The molecule has 68 heavy (non-hydrogen) atoms. The molecule has 3 aliphatic rings. The summed E-state index contributed by atoms with van der Waals surface area (Å²) in [4.78, 5) is 120. The molecule has 0 saturated carbocycles. The molecule has 0 spiro atoms. The molecule has 0 radical (unpaired) electrons. The van der Waals surface area contributed by atoms with E-state index < -0.39 is 41.8 Å². The molecule has 27 heteroatoms. The van der Waals surface area contributed by atoms with E-state index in [0.29, 0.717) is 104 Å². The van der Waals surface area contributed by atoms with Crippen LogP contribution in [0.5, 0.6) is 0 Å². The number of hydrogen-bond acceptors (Lipinski definition) is 21. The monoisotopic (exact) mass is 976 g/mol. The molecule has 0 unspecified atom stereocenters. The number of nitrogens with zero attached hydrogens (tertiary/aromatic N) is 3. The normalized spacial score (nSPS) is 13.6. The Morgan fingerprint density at radius 1 is 0.529 bits per heavy atom. The first-order valence-electron chi connectivity index (χ1n) is 21.6. The number of carbonyl (C=O) groups excluding carboxylic acids is 10. The number of imide groups is 3. The van der Waals surface area contributed by atoms with Gasteiger partial charge in [0.15, 0.2) is 0 Å². The Labute approximate surface area is 394 Å². The number of amides is 9. The summed E-state index contributed by atoms with van der Waals surface area (Å²) in [5.41, 5.74) is 9.74. The van der Waals surface area contributed by atoms with Gasteiger partial charge < -0.3 is 70.2 Å². The average Bonchev–Trinajstić information content (AvgIpc) is 3.95. The van der Waals surface area contributed by atoms with Crippen molar-refractivity contribution in [3.63, 3.8) is 0 Å². The Bertz CT molecular complexity index is 1560. The van der Waals surface area contributed by atoms with E-state index in [2.05, 4.69) is 26.5 Å². The molecular weight excluding hydrogens is 908 g/mol. The Hall–Kier alpha value is -5.94. The van der Waals surface area contributed by atoms with Crippen LogP contribution in [0.15, 0.2) is 24.3 Å². The van der Waals surface area contributed by atoms with Gasteiger partial charge in [-0.05, 0) is 19.9 Å². The predicted octanol–water partition coefficient (Wildman–Crippen LogP) is -2.56. The van der Waals surface area contributed by atoms with Crippen LogP contribution in [0.3, 0.4) is 0 Å². The molecular formula is C41H68N8O19. The summed E-state index contributed by atoms with van der Waals surface area (Å²) < 4.78 is 40.0. The number of hydroxylamine groups is 2. The van der Waals surface area contributed by atoms with Crippen LogP contribution in [0.2, 0.25) is 0 Å². The largest absolute Gasteiger partial charge is 0.447 e. The highest BCUT2D eigenvalue weighted by Gasteiger charge is 2.33. The number of ether oxygens (including phenoxy) is 8. The third kappa shape index (κ3) is 31.1. The Kier molecular flexibility index (Phi) is 37.7. The number of methoxy groups -OCH3 is 2. The molecule has 27 nitrogen and oxygen atoms in total. The van der Waals surface area contributed by atoms with Crippen molar-refractivity contribution in [2.45, 2.75) is 38.5 Å². The van der Waals surface area contributed by atoms with Crippen LogP contribution >= 0.6 is 0 Å².